The maximum Gasteiger partial charge on any atom is 0.276 e. The number of pyridine rings is 1. The van der Waals surface area contributed by atoms with Crippen LogP contribution in [0.4, 0.5) is 0 Å². The third-order valence-corrected chi connectivity index (χ3v) is 2.89. The van der Waals surface area contributed by atoms with Crippen LogP contribution in [0.2, 0.25) is 5.15 Å². The molecule has 0 bridgehead atoms. The molecule has 0 saturated heterocycles. The zero-order valence-electron chi connectivity index (χ0n) is 9.32. The lowest BCUT2D eigenvalue weighted by Crippen LogP contribution is -2.21. The van der Waals surface area contributed by atoms with Gasteiger partial charge in [0.05, 0.1) is 12.7 Å². The summed E-state index contributed by atoms with van der Waals surface area (Å²) in [6.07, 6.45) is 6.68. The summed E-state index contributed by atoms with van der Waals surface area (Å²) in [5.41, 5.74) is 1.40. The van der Waals surface area contributed by atoms with E-state index in [1.54, 1.807) is 46.0 Å². The van der Waals surface area contributed by atoms with E-state index in [2.05, 4.69) is 10.1 Å². The Kier molecular flexibility index (Phi) is 2.60. The molecule has 0 amide bonds. The van der Waals surface area contributed by atoms with E-state index in [-0.39, 0.29) is 5.56 Å². The summed E-state index contributed by atoms with van der Waals surface area (Å²) >= 11 is 5.82. The highest BCUT2D eigenvalue weighted by Crippen LogP contribution is 2.08. The van der Waals surface area contributed by atoms with Crippen molar-refractivity contribution in [2.45, 2.75) is 6.54 Å². The minimum absolute atomic E-state index is 0.0806. The van der Waals surface area contributed by atoms with E-state index in [9.17, 15) is 4.79 Å². The SMILES string of the molecule is O=c1c2ccnn2ccn1Cc1ccnc(Cl)c1. The molecular formula is C12H9ClN4O. The normalized spacial score (nSPS) is 10.9. The lowest BCUT2D eigenvalue weighted by molar-refractivity contribution is 0.742. The molecule has 0 saturated carbocycles. The molecule has 0 radical (unpaired) electrons. The highest BCUT2D eigenvalue weighted by molar-refractivity contribution is 6.29. The Bertz CT molecular complexity index is 762. The maximum atomic E-state index is 12.1. The number of rotatable bonds is 2. The largest absolute Gasteiger partial charge is 0.308 e. The molecule has 6 heteroatoms. The predicted octanol–water partition coefficient (Wildman–Crippen LogP) is 1.59. The van der Waals surface area contributed by atoms with Crippen LogP contribution < -0.4 is 5.56 Å². The molecule has 0 spiro atoms. The molecule has 90 valence electrons. The highest BCUT2D eigenvalue weighted by atomic mass is 35.5. The Labute approximate surface area is 107 Å². The Hall–Kier alpha value is -2.14. The molecule has 0 aliphatic carbocycles. The zero-order chi connectivity index (χ0) is 12.5. The molecule has 3 aromatic rings. The summed E-state index contributed by atoms with van der Waals surface area (Å²) in [4.78, 5) is 16.0. The van der Waals surface area contributed by atoms with Gasteiger partial charge in [-0.25, -0.2) is 9.50 Å². The number of hydrogen-bond acceptors (Lipinski definition) is 3. The van der Waals surface area contributed by atoms with Gasteiger partial charge in [-0.05, 0) is 23.8 Å². The fourth-order valence-electron chi connectivity index (χ4n) is 1.82. The van der Waals surface area contributed by atoms with Crippen molar-refractivity contribution in [1.29, 1.82) is 0 Å². The number of halogens is 1. The molecule has 3 aromatic heterocycles. The second kappa shape index (κ2) is 4.27. The molecular weight excluding hydrogens is 252 g/mol. The van der Waals surface area contributed by atoms with Crippen molar-refractivity contribution in [1.82, 2.24) is 19.2 Å². The molecule has 0 fully saturated rings. The van der Waals surface area contributed by atoms with Crippen molar-refractivity contribution >= 4 is 17.1 Å². The second-order valence-corrected chi connectivity index (χ2v) is 4.27. The summed E-state index contributed by atoms with van der Waals surface area (Å²) in [6, 6.07) is 5.27. The standard InChI is InChI=1S/C12H9ClN4O/c13-11-7-9(1-3-14-11)8-16-5-6-17-10(12(16)18)2-4-15-17/h1-7H,8H2. The Balaban J connectivity index is 2.05. The van der Waals surface area contributed by atoms with Gasteiger partial charge in [0.25, 0.3) is 5.56 Å². The van der Waals surface area contributed by atoms with Crippen LogP contribution in [0.1, 0.15) is 5.56 Å². The van der Waals surface area contributed by atoms with Crippen LogP contribution in [0.3, 0.4) is 0 Å². The van der Waals surface area contributed by atoms with E-state index in [0.29, 0.717) is 17.2 Å². The van der Waals surface area contributed by atoms with Crippen LogP contribution in [0.15, 0.2) is 47.8 Å². The molecule has 0 atom stereocenters. The van der Waals surface area contributed by atoms with E-state index >= 15 is 0 Å². The molecule has 0 aliphatic heterocycles. The van der Waals surface area contributed by atoms with Gasteiger partial charge in [-0.2, -0.15) is 5.10 Å². The van der Waals surface area contributed by atoms with Gasteiger partial charge in [0.2, 0.25) is 0 Å². The van der Waals surface area contributed by atoms with Crippen molar-refractivity contribution in [3.63, 3.8) is 0 Å². The summed E-state index contributed by atoms with van der Waals surface area (Å²) in [7, 11) is 0. The summed E-state index contributed by atoms with van der Waals surface area (Å²) < 4.78 is 3.17. The van der Waals surface area contributed by atoms with Gasteiger partial charge in [-0.1, -0.05) is 11.6 Å². The first-order valence-corrected chi connectivity index (χ1v) is 5.75. The number of hydrogen-bond donors (Lipinski definition) is 0. The average Bonchev–Trinajstić information content (AvgIpc) is 2.82. The van der Waals surface area contributed by atoms with Crippen LogP contribution in [-0.4, -0.2) is 19.2 Å². The lowest BCUT2D eigenvalue weighted by Gasteiger charge is -2.06. The van der Waals surface area contributed by atoms with Gasteiger partial charge in [-0.15, -0.1) is 0 Å². The van der Waals surface area contributed by atoms with Crippen LogP contribution in [0.25, 0.3) is 5.52 Å². The third-order valence-electron chi connectivity index (χ3n) is 2.68. The second-order valence-electron chi connectivity index (χ2n) is 3.88. The van der Waals surface area contributed by atoms with E-state index in [1.807, 2.05) is 6.07 Å². The third kappa shape index (κ3) is 1.89. The first kappa shape index (κ1) is 11.0. The van der Waals surface area contributed by atoms with E-state index in [1.165, 1.54) is 0 Å². The highest BCUT2D eigenvalue weighted by Gasteiger charge is 2.04. The van der Waals surface area contributed by atoms with Gasteiger partial charge >= 0.3 is 0 Å². The van der Waals surface area contributed by atoms with Crippen LogP contribution >= 0.6 is 11.6 Å². The topological polar surface area (TPSA) is 52.2 Å². The Morgan fingerprint density at radius 2 is 2.11 bits per heavy atom. The van der Waals surface area contributed by atoms with E-state index in [4.69, 9.17) is 11.6 Å². The molecule has 3 rings (SSSR count). The number of fused-ring (bicyclic) bond motifs is 1. The fraction of sp³-hybridized carbons (Fsp3) is 0.0833. The van der Waals surface area contributed by atoms with Gasteiger partial charge in [0.15, 0.2) is 0 Å². The first-order chi connectivity index (χ1) is 8.74. The monoisotopic (exact) mass is 260 g/mol. The molecule has 0 N–H and O–H groups in total. The van der Waals surface area contributed by atoms with E-state index < -0.39 is 0 Å². The van der Waals surface area contributed by atoms with Gasteiger partial charge in [0.1, 0.15) is 10.7 Å². The van der Waals surface area contributed by atoms with Crippen LogP contribution in [0.5, 0.6) is 0 Å². The molecule has 3 heterocycles. The molecule has 18 heavy (non-hydrogen) atoms. The van der Waals surface area contributed by atoms with Crippen molar-refractivity contribution in [2.75, 3.05) is 0 Å². The molecule has 0 aliphatic rings. The van der Waals surface area contributed by atoms with Crippen molar-refractivity contribution in [3.8, 4) is 0 Å². The maximum absolute atomic E-state index is 12.1. The lowest BCUT2D eigenvalue weighted by atomic mass is 10.2. The molecule has 5 nitrogen and oxygen atoms in total. The number of aromatic nitrogens is 4. The smallest absolute Gasteiger partial charge is 0.276 e. The van der Waals surface area contributed by atoms with Gasteiger partial charge in [-0.3, -0.25) is 4.79 Å². The summed E-state index contributed by atoms with van der Waals surface area (Å²) in [5, 5.41) is 4.44. The minimum Gasteiger partial charge on any atom is -0.308 e. The summed E-state index contributed by atoms with van der Waals surface area (Å²) in [5.74, 6) is 0. The first-order valence-electron chi connectivity index (χ1n) is 5.37. The summed E-state index contributed by atoms with van der Waals surface area (Å²) in [6.45, 7) is 0.461. The van der Waals surface area contributed by atoms with E-state index in [0.717, 1.165) is 5.56 Å². The Morgan fingerprint density at radius 1 is 1.22 bits per heavy atom. The Morgan fingerprint density at radius 3 is 2.94 bits per heavy atom. The number of nitrogens with zero attached hydrogens (tertiary/aromatic N) is 4. The predicted molar refractivity (Wildman–Crippen MR) is 67.8 cm³/mol. The quantitative estimate of drug-likeness (QED) is 0.658. The average molecular weight is 261 g/mol. The van der Waals surface area contributed by atoms with Crippen molar-refractivity contribution in [3.05, 3.63) is 64.1 Å². The van der Waals surface area contributed by atoms with Gasteiger partial charge in [0, 0.05) is 18.6 Å². The van der Waals surface area contributed by atoms with Crippen molar-refractivity contribution in [2.24, 2.45) is 0 Å². The zero-order valence-corrected chi connectivity index (χ0v) is 10.1. The van der Waals surface area contributed by atoms with Crippen LogP contribution in [0, 0.1) is 0 Å². The van der Waals surface area contributed by atoms with Gasteiger partial charge < -0.3 is 4.57 Å². The van der Waals surface area contributed by atoms with Crippen molar-refractivity contribution < 1.29 is 0 Å². The molecule has 0 unspecified atom stereocenters. The fourth-order valence-corrected chi connectivity index (χ4v) is 2.02. The molecule has 0 aromatic carbocycles. The van der Waals surface area contributed by atoms with Crippen LogP contribution in [-0.2, 0) is 6.54 Å². The minimum atomic E-state index is -0.0806.